The second-order valence-electron chi connectivity index (χ2n) is 2.45. The van der Waals surface area contributed by atoms with Gasteiger partial charge in [0.05, 0.1) is 0 Å². The fourth-order valence-corrected chi connectivity index (χ4v) is 1.52. The molecule has 0 aromatic heterocycles. The predicted octanol–water partition coefficient (Wildman–Crippen LogP) is 1.51. The molecule has 0 N–H and O–H groups in total. The summed E-state index contributed by atoms with van der Waals surface area (Å²) in [6, 6.07) is 1.25. The monoisotopic (exact) mass is 210 g/mol. The SMILES string of the molecule is CS(=O)(=O)c1ccc(F)c(F)c1F. The zero-order valence-electron chi connectivity index (χ0n) is 6.51. The summed E-state index contributed by atoms with van der Waals surface area (Å²) in [6.45, 7) is 0. The second-order valence-corrected chi connectivity index (χ2v) is 4.43. The van der Waals surface area contributed by atoms with Crippen molar-refractivity contribution in [2.75, 3.05) is 6.26 Å². The van der Waals surface area contributed by atoms with Crippen molar-refractivity contribution in [2.24, 2.45) is 0 Å². The van der Waals surface area contributed by atoms with E-state index in [1.165, 1.54) is 0 Å². The van der Waals surface area contributed by atoms with Crippen molar-refractivity contribution in [3.63, 3.8) is 0 Å². The molecule has 0 saturated carbocycles. The van der Waals surface area contributed by atoms with Gasteiger partial charge in [-0.1, -0.05) is 0 Å². The van der Waals surface area contributed by atoms with Gasteiger partial charge in [0.15, 0.2) is 27.3 Å². The third-order valence-electron chi connectivity index (χ3n) is 1.40. The normalized spacial score (nSPS) is 11.7. The smallest absolute Gasteiger partial charge is 0.195 e. The molecule has 0 aliphatic heterocycles. The Bertz CT molecular complexity index is 439. The van der Waals surface area contributed by atoms with E-state index in [9.17, 15) is 21.6 Å². The largest absolute Gasteiger partial charge is 0.224 e. The number of sulfone groups is 1. The number of halogens is 3. The average Bonchev–Trinajstić information content (AvgIpc) is 1.98. The highest BCUT2D eigenvalue weighted by molar-refractivity contribution is 7.90. The zero-order chi connectivity index (χ0) is 10.2. The van der Waals surface area contributed by atoms with Crippen molar-refractivity contribution in [1.82, 2.24) is 0 Å². The Labute approximate surface area is 72.9 Å². The molecule has 1 rings (SSSR count). The Hall–Kier alpha value is -1.04. The summed E-state index contributed by atoms with van der Waals surface area (Å²) in [5.41, 5.74) is 0. The van der Waals surface area contributed by atoms with Gasteiger partial charge >= 0.3 is 0 Å². The molecule has 13 heavy (non-hydrogen) atoms. The highest BCUT2D eigenvalue weighted by Gasteiger charge is 2.19. The topological polar surface area (TPSA) is 34.1 Å². The van der Waals surface area contributed by atoms with E-state index in [1.54, 1.807) is 0 Å². The standard InChI is InChI=1S/C7H5F3O2S/c1-13(11,12)5-3-2-4(8)6(9)7(5)10/h2-3H,1H3. The van der Waals surface area contributed by atoms with Gasteiger partial charge in [0.25, 0.3) is 0 Å². The van der Waals surface area contributed by atoms with Crippen molar-refractivity contribution >= 4 is 9.84 Å². The lowest BCUT2D eigenvalue weighted by molar-refractivity contribution is 0.432. The molecular weight excluding hydrogens is 205 g/mol. The van der Waals surface area contributed by atoms with Gasteiger partial charge in [-0.15, -0.1) is 0 Å². The molecule has 0 bridgehead atoms. The maximum atomic E-state index is 12.8. The van der Waals surface area contributed by atoms with Gasteiger partial charge in [0.1, 0.15) is 4.90 Å². The molecule has 2 nitrogen and oxygen atoms in total. The lowest BCUT2D eigenvalue weighted by atomic mass is 10.3. The summed E-state index contributed by atoms with van der Waals surface area (Å²) in [4.78, 5) is -0.841. The summed E-state index contributed by atoms with van der Waals surface area (Å²) in [5, 5.41) is 0. The van der Waals surface area contributed by atoms with Crippen LogP contribution in [0.25, 0.3) is 0 Å². The van der Waals surface area contributed by atoms with E-state index in [2.05, 4.69) is 0 Å². The molecule has 0 atom stereocenters. The molecule has 0 radical (unpaired) electrons. The van der Waals surface area contributed by atoms with E-state index >= 15 is 0 Å². The van der Waals surface area contributed by atoms with Crippen molar-refractivity contribution < 1.29 is 21.6 Å². The Morgan fingerprint density at radius 1 is 1.08 bits per heavy atom. The number of benzene rings is 1. The quantitative estimate of drug-likeness (QED) is 0.520. The van der Waals surface area contributed by atoms with Crippen LogP contribution in [0.3, 0.4) is 0 Å². The van der Waals surface area contributed by atoms with Crippen LogP contribution in [0.1, 0.15) is 0 Å². The maximum Gasteiger partial charge on any atom is 0.195 e. The van der Waals surface area contributed by atoms with Crippen LogP contribution < -0.4 is 0 Å². The number of hydrogen-bond acceptors (Lipinski definition) is 2. The van der Waals surface area contributed by atoms with Crippen molar-refractivity contribution in [2.45, 2.75) is 4.90 Å². The van der Waals surface area contributed by atoms with Crippen molar-refractivity contribution in [1.29, 1.82) is 0 Å². The van der Waals surface area contributed by atoms with E-state index in [-0.39, 0.29) is 0 Å². The lowest BCUT2D eigenvalue weighted by Crippen LogP contribution is -2.04. The third kappa shape index (κ3) is 1.82. The number of hydrogen-bond donors (Lipinski definition) is 0. The van der Waals surface area contributed by atoms with Gasteiger partial charge in [-0.05, 0) is 12.1 Å². The molecule has 1 aromatic rings. The third-order valence-corrected chi connectivity index (χ3v) is 2.51. The second kappa shape index (κ2) is 3.02. The molecule has 0 aliphatic rings. The maximum absolute atomic E-state index is 12.8. The fraction of sp³-hybridized carbons (Fsp3) is 0.143. The van der Waals surface area contributed by atoms with Crippen LogP contribution >= 0.6 is 0 Å². The summed E-state index contributed by atoms with van der Waals surface area (Å²) >= 11 is 0. The molecule has 0 saturated heterocycles. The highest BCUT2D eigenvalue weighted by Crippen LogP contribution is 2.18. The minimum Gasteiger partial charge on any atom is -0.224 e. The Balaban J connectivity index is 3.53. The van der Waals surface area contributed by atoms with Crippen LogP contribution in [0.4, 0.5) is 13.2 Å². The molecule has 0 spiro atoms. The predicted molar refractivity (Wildman–Crippen MR) is 39.4 cm³/mol. The van der Waals surface area contributed by atoms with E-state index in [1.807, 2.05) is 0 Å². The molecule has 0 fully saturated rings. The van der Waals surface area contributed by atoms with Gasteiger partial charge < -0.3 is 0 Å². The van der Waals surface area contributed by atoms with Gasteiger partial charge in [0.2, 0.25) is 0 Å². The highest BCUT2D eigenvalue weighted by atomic mass is 32.2. The molecule has 6 heteroatoms. The van der Waals surface area contributed by atoms with Crippen molar-refractivity contribution in [3.05, 3.63) is 29.6 Å². The van der Waals surface area contributed by atoms with Crippen LogP contribution in [0.5, 0.6) is 0 Å². The minimum absolute atomic E-state index is 0.564. The first-order chi connectivity index (χ1) is 5.84. The number of rotatable bonds is 1. The van der Waals surface area contributed by atoms with Crippen LogP contribution in [0.2, 0.25) is 0 Å². The first-order valence-electron chi connectivity index (χ1n) is 3.17. The van der Waals surface area contributed by atoms with E-state index in [0.717, 1.165) is 0 Å². The van der Waals surface area contributed by atoms with Gasteiger partial charge in [0, 0.05) is 6.26 Å². The molecule has 0 unspecified atom stereocenters. The Morgan fingerprint density at radius 2 is 1.62 bits per heavy atom. The summed E-state index contributed by atoms with van der Waals surface area (Å²) < 4.78 is 59.2. The van der Waals surface area contributed by atoms with E-state index in [0.29, 0.717) is 18.4 Å². The first kappa shape index (κ1) is 10.0. The fourth-order valence-electron chi connectivity index (χ4n) is 0.795. The molecular formula is C7H5F3O2S. The molecule has 1 aromatic carbocycles. The van der Waals surface area contributed by atoms with Crippen molar-refractivity contribution in [3.8, 4) is 0 Å². The zero-order valence-corrected chi connectivity index (χ0v) is 7.33. The summed E-state index contributed by atoms with van der Waals surface area (Å²) in [7, 11) is -3.85. The average molecular weight is 210 g/mol. The Kier molecular flexibility index (Phi) is 2.34. The van der Waals surface area contributed by atoms with Crippen LogP contribution in [0, 0.1) is 17.5 Å². The summed E-state index contributed by atoms with van der Waals surface area (Å²) in [5.74, 6) is -4.87. The van der Waals surface area contributed by atoms with Gasteiger partial charge in [-0.3, -0.25) is 0 Å². The molecule has 72 valence electrons. The molecule has 0 amide bonds. The van der Waals surface area contributed by atoms with Crippen LogP contribution in [0.15, 0.2) is 17.0 Å². The molecule has 0 aliphatic carbocycles. The van der Waals surface area contributed by atoms with Crippen LogP contribution in [-0.2, 0) is 9.84 Å². The summed E-state index contributed by atoms with van der Waals surface area (Å²) in [6.07, 6.45) is 0.711. The Morgan fingerprint density at radius 3 is 2.08 bits per heavy atom. The lowest BCUT2D eigenvalue weighted by Gasteiger charge is -2.01. The molecule has 0 heterocycles. The van der Waals surface area contributed by atoms with Gasteiger partial charge in [-0.25, -0.2) is 21.6 Å². The van der Waals surface area contributed by atoms with Crippen LogP contribution in [-0.4, -0.2) is 14.7 Å². The first-order valence-corrected chi connectivity index (χ1v) is 5.06. The van der Waals surface area contributed by atoms with Gasteiger partial charge in [-0.2, -0.15) is 0 Å². The minimum atomic E-state index is -3.85. The van der Waals surface area contributed by atoms with E-state index in [4.69, 9.17) is 0 Å². The van der Waals surface area contributed by atoms with E-state index < -0.39 is 32.2 Å².